The van der Waals surface area contributed by atoms with Crippen LogP contribution in [-0.2, 0) is 20.7 Å². The lowest BCUT2D eigenvalue weighted by Crippen LogP contribution is -2.22. The number of aromatic nitrogens is 2. The summed E-state index contributed by atoms with van der Waals surface area (Å²) in [6.45, 7) is -0.517. The van der Waals surface area contributed by atoms with Crippen molar-refractivity contribution in [3.63, 3.8) is 0 Å². The van der Waals surface area contributed by atoms with Crippen LogP contribution in [0, 0.1) is 5.82 Å². The van der Waals surface area contributed by atoms with Crippen LogP contribution in [-0.4, -0.2) is 28.7 Å². The van der Waals surface area contributed by atoms with Crippen molar-refractivity contribution in [1.82, 2.24) is 10.2 Å². The molecule has 0 saturated heterocycles. The molecule has 3 rings (SSSR count). The van der Waals surface area contributed by atoms with Gasteiger partial charge in [0.15, 0.2) is 6.61 Å². The predicted molar refractivity (Wildman–Crippen MR) is 92.1 cm³/mol. The molecule has 8 heteroatoms. The Morgan fingerprint density at radius 3 is 2.65 bits per heavy atom. The number of H-pyrrole nitrogens is 1. The van der Waals surface area contributed by atoms with Crippen LogP contribution in [0.3, 0.4) is 0 Å². The highest BCUT2D eigenvalue weighted by molar-refractivity contribution is 5.93. The van der Waals surface area contributed by atoms with E-state index in [9.17, 15) is 18.8 Å². The maximum atomic E-state index is 13.1. The molecule has 0 bridgehead atoms. The molecule has 132 valence electrons. The average molecular weight is 355 g/mol. The fourth-order valence-electron chi connectivity index (χ4n) is 2.40. The van der Waals surface area contributed by atoms with E-state index in [4.69, 9.17) is 4.74 Å². The summed E-state index contributed by atoms with van der Waals surface area (Å²) in [5, 5.41) is 9.56. The number of carbonyl (C=O) groups excluding carboxylic acids is 2. The molecule has 0 aliphatic heterocycles. The van der Waals surface area contributed by atoms with Gasteiger partial charge in [-0.3, -0.25) is 14.4 Å². The summed E-state index contributed by atoms with van der Waals surface area (Å²) in [6.07, 6.45) is -0.204. The fourth-order valence-corrected chi connectivity index (χ4v) is 2.40. The quantitative estimate of drug-likeness (QED) is 0.680. The van der Waals surface area contributed by atoms with Gasteiger partial charge in [0.2, 0.25) is 0 Å². The monoisotopic (exact) mass is 355 g/mol. The van der Waals surface area contributed by atoms with Gasteiger partial charge in [0.25, 0.3) is 11.5 Å². The zero-order chi connectivity index (χ0) is 18.5. The van der Waals surface area contributed by atoms with Crippen molar-refractivity contribution in [3.05, 3.63) is 70.4 Å². The van der Waals surface area contributed by atoms with Crippen molar-refractivity contribution in [2.75, 3.05) is 11.9 Å². The van der Waals surface area contributed by atoms with Crippen LogP contribution >= 0.6 is 0 Å². The van der Waals surface area contributed by atoms with E-state index in [2.05, 4.69) is 15.5 Å². The normalized spacial score (nSPS) is 10.5. The highest BCUT2D eigenvalue weighted by Gasteiger charge is 2.13. The molecule has 0 atom stereocenters. The van der Waals surface area contributed by atoms with E-state index in [1.54, 1.807) is 24.3 Å². The van der Waals surface area contributed by atoms with E-state index in [1.807, 2.05) is 0 Å². The van der Waals surface area contributed by atoms with E-state index in [0.717, 1.165) is 6.07 Å². The number of aromatic amines is 1. The van der Waals surface area contributed by atoms with Crippen LogP contribution in [0.2, 0.25) is 0 Å². The molecule has 0 radical (unpaired) electrons. The topological polar surface area (TPSA) is 101 Å². The lowest BCUT2D eigenvalue weighted by molar-refractivity contribution is -0.146. The molecule has 2 N–H and O–H groups in total. The Balaban J connectivity index is 1.60. The Labute approximate surface area is 146 Å². The van der Waals surface area contributed by atoms with Crippen LogP contribution in [0.25, 0.3) is 10.8 Å². The van der Waals surface area contributed by atoms with Gasteiger partial charge in [0, 0.05) is 11.1 Å². The number of hydrogen-bond donors (Lipinski definition) is 2. The maximum absolute atomic E-state index is 13.1. The number of halogens is 1. The highest BCUT2D eigenvalue weighted by atomic mass is 19.1. The number of benzene rings is 2. The molecule has 1 amide bonds. The first-order chi connectivity index (χ1) is 12.5. The molecule has 2 aromatic carbocycles. The Kier molecular flexibility index (Phi) is 5.02. The van der Waals surface area contributed by atoms with Crippen LogP contribution in [0.15, 0.2) is 53.3 Å². The van der Waals surface area contributed by atoms with Crippen molar-refractivity contribution in [2.24, 2.45) is 0 Å². The summed E-state index contributed by atoms with van der Waals surface area (Å²) in [5.74, 6) is -1.76. The molecule has 1 heterocycles. The number of ether oxygens (including phenoxy) is 1. The van der Waals surface area contributed by atoms with E-state index in [1.165, 1.54) is 18.2 Å². The summed E-state index contributed by atoms with van der Waals surface area (Å²) < 4.78 is 18.0. The first-order valence-corrected chi connectivity index (χ1v) is 7.70. The summed E-state index contributed by atoms with van der Waals surface area (Å²) >= 11 is 0. The minimum absolute atomic E-state index is 0.204. The molecule has 0 aliphatic rings. The molecule has 0 aliphatic carbocycles. The summed E-state index contributed by atoms with van der Waals surface area (Å²) in [4.78, 5) is 35.4. The van der Waals surface area contributed by atoms with Gasteiger partial charge in [-0.2, -0.15) is 5.10 Å². The minimum atomic E-state index is -0.677. The first kappa shape index (κ1) is 17.3. The Morgan fingerprint density at radius 2 is 1.88 bits per heavy atom. The molecule has 0 saturated carbocycles. The second-order valence-corrected chi connectivity index (χ2v) is 5.44. The molecular weight excluding hydrogens is 341 g/mol. The predicted octanol–water partition coefficient (Wildman–Crippen LogP) is 1.79. The highest BCUT2D eigenvalue weighted by Crippen LogP contribution is 2.13. The lowest BCUT2D eigenvalue weighted by atomic mass is 10.1. The van der Waals surface area contributed by atoms with Crippen molar-refractivity contribution in [1.29, 1.82) is 0 Å². The van der Waals surface area contributed by atoms with Crippen molar-refractivity contribution < 1.29 is 18.7 Å². The maximum Gasteiger partial charge on any atom is 0.312 e. The number of esters is 1. The molecule has 7 nitrogen and oxygen atoms in total. The van der Waals surface area contributed by atoms with Gasteiger partial charge in [-0.05, 0) is 24.3 Å². The van der Waals surface area contributed by atoms with Crippen LogP contribution in [0.5, 0.6) is 0 Å². The number of rotatable bonds is 5. The molecule has 1 aromatic heterocycles. The number of nitrogens with zero attached hydrogens (tertiary/aromatic N) is 1. The fraction of sp³-hybridized carbons (Fsp3) is 0.111. The third-order valence-electron chi connectivity index (χ3n) is 3.56. The second-order valence-electron chi connectivity index (χ2n) is 5.44. The van der Waals surface area contributed by atoms with E-state index in [-0.39, 0.29) is 17.7 Å². The molecule has 3 aromatic rings. The van der Waals surface area contributed by atoms with Gasteiger partial charge in [0.05, 0.1) is 17.5 Å². The van der Waals surface area contributed by atoms with E-state index >= 15 is 0 Å². The first-order valence-electron chi connectivity index (χ1n) is 7.70. The smallest absolute Gasteiger partial charge is 0.312 e. The molecule has 0 unspecified atom stereocenters. The van der Waals surface area contributed by atoms with Crippen LogP contribution < -0.4 is 10.9 Å². The summed E-state index contributed by atoms with van der Waals surface area (Å²) in [7, 11) is 0. The zero-order valence-corrected chi connectivity index (χ0v) is 13.5. The number of fused-ring (bicyclic) bond motifs is 1. The van der Waals surface area contributed by atoms with Gasteiger partial charge in [-0.1, -0.05) is 24.3 Å². The standard InChI is InChI=1S/C18H14FN3O4/c19-11-4-3-5-12(8-11)20-16(23)10-26-17(24)9-15-13-6-1-2-7-14(13)18(25)22-21-15/h1-8H,9-10H2,(H,20,23)(H,22,25). The van der Waals surface area contributed by atoms with Gasteiger partial charge in [0.1, 0.15) is 5.82 Å². The van der Waals surface area contributed by atoms with Gasteiger partial charge < -0.3 is 10.1 Å². The second kappa shape index (κ2) is 7.56. The largest absolute Gasteiger partial charge is 0.455 e. The molecular formula is C18H14FN3O4. The van der Waals surface area contributed by atoms with E-state index < -0.39 is 24.3 Å². The lowest BCUT2D eigenvalue weighted by Gasteiger charge is -2.07. The zero-order valence-electron chi connectivity index (χ0n) is 13.5. The third-order valence-corrected chi connectivity index (χ3v) is 3.56. The molecule has 0 fully saturated rings. The number of amides is 1. The Hall–Kier alpha value is -3.55. The number of carbonyl (C=O) groups is 2. The van der Waals surface area contributed by atoms with Crippen LogP contribution in [0.4, 0.5) is 10.1 Å². The molecule has 0 spiro atoms. The SMILES string of the molecule is O=C(COC(=O)Cc1n[nH]c(=O)c2ccccc12)Nc1cccc(F)c1. The van der Waals surface area contributed by atoms with Crippen molar-refractivity contribution >= 4 is 28.3 Å². The Morgan fingerprint density at radius 1 is 1.12 bits per heavy atom. The number of hydrogen-bond acceptors (Lipinski definition) is 5. The van der Waals surface area contributed by atoms with E-state index in [0.29, 0.717) is 16.5 Å². The molecule has 26 heavy (non-hydrogen) atoms. The van der Waals surface area contributed by atoms with Crippen molar-refractivity contribution in [3.8, 4) is 0 Å². The van der Waals surface area contributed by atoms with Gasteiger partial charge in [-0.15, -0.1) is 0 Å². The van der Waals surface area contributed by atoms with Crippen molar-refractivity contribution in [2.45, 2.75) is 6.42 Å². The average Bonchev–Trinajstić information content (AvgIpc) is 2.63. The van der Waals surface area contributed by atoms with Gasteiger partial charge >= 0.3 is 5.97 Å². The number of anilines is 1. The minimum Gasteiger partial charge on any atom is -0.455 e. The summed E-state index contributed by atoms with van der Waals surface area (Å²) in [6, 6.07) is 12.1. The van der Waals surface area contributed by atoms with Gasteiger partial charge in [-0.25, -0.2) is 9.49 Å². The number of nitrogens with one attached hydrogen (secondary N) is 2. The third kappa shape index (κ3) is 4.10. The summed E-state index contributed by atoms with van der Waals surface area (Å²) in [5.41, 5.74) is 0.252. The Bertz CT molecular complexity index is 1030. The van der Waals surface area contributed by atoms with Crippen LogP contribution in [0.1, 0.15) is 5.69 Å².